The van der Waals surface area contributed by atoms with Gasteiger partial charge in [-0.1, -0.05) is 30.7 Å². The first-order chi connectivity index (χ1) is 18.1. The maximum absolute atomic E-state index is 13.8. The number of hydrogen-bond acceptors (Lipinski definition) is 5. The smallest absolute Gasteiger partial charge is 0.264 e. The van der Waals surface area contributed by atoms with Gasteiger partial charge in [-0.15, -0.1) is 0 Å². The fourth-order valence-electron chi connectivity index (χ4n) is 3.88. The molecular weight excluding hydrogens is 533 g/mol. The molecule has 0 radical (unpaired) electrons. The standard InChI is InChI=1S/C27H29ClFN3O5S/c1-4-25(27(34)30-2)31(17-19-5-9-21(29)10-6-19)26(33)18-32(22-11-7-20(28)8-12-22)38(35,36)24-15-13-23(37-3)14-16-24/h5-16,25H,4,17-18H2,1-3H3,(H,30,34)/t25-/m0/s1. The van der Waals surface area contributed by atoms with Gasteiger partial charge in [0, 0.05) is 18.6 Å². The third-order valence-electron chi connectivity index (χ3n) is 5.94. The Morgan fingerprint density at radius 3 is 2.13 bits per heavy atom. The van der Waals surface area contributed by atoms with Crippen LogP contribution in [0.15, 0.2) is 77.7 Å². The number of nitrogens with zero attached hydrogens (tertiary/aromatic N) is 2. The van der Waals surface area contributed by atoms with Gasteiger partial charge in [-0.25, -0.2) is 12.8 Å². The second-order valence-electron chi connectivity index (χ2n) is 8.35. The third-order valence-corrected chi connectivity index (χ3v) is 7.98. The van der Waals surface area contributed by atoms with Crippen molar-refractivity contribution < 1.29 is 27.1 Å². The third kappa shape index (κ3) is 6.81. The molecule has 3 aromatic rings. The van der Waals surface area contributed by atoms with E-state index in [0.717, 1.165) is 4.31 Å². The number of carbonyl (C=O) groups is 2. The highest BCUT2D eigenvalue weighted by Crippen LogP contribution is 2.27. The van der Waals surface area contributed by atoms with Crippen LogP contribution in [0.1, 0.15) is 18.9 Å². The van der Waals surface area contributed by atoms with Gasteiger partial charge in [0.05, 0.1) is 17.7 Å². The van der Waals surface area contributed by atoms with Crippen molar-refractivity contribution in [2.75, 3.05) is 25.0 Å². The summed E-state index contributed by atoms with van der Waals surface area (Å²) in [4.78, 5) is 27.7. The first kappa shape index (κ1) is 28.9. The Morgan fingerprint density at radius 2 is 1.61 bits per heavy atom. The Morgan fingerprint density at radius 1 is 1.00 bits per heavy atom. The second-order valence-corrected chi connectivity index (χ2v) is 10.6. The van der Waals surface area contributed by atoms with Gasteiger partial charge in [0.2, 0.25) is 11.8 Å². The zero-order valence-electron chi connectivity index (χ0n) is 21.2. The van der Waals surface area contributed by atoms with Gasteiger partial charge in [-0.3, -0.25) is 13.9 Å². The molecule has 1 atom stereocenters. The number of halogens is 2. The van der Waals surface area contributed by atoms with Crippen LogP contribution in [-0.2, 0) is 26.2 Å². The monoisotopic (exact) mass is 561 g/mol. The lowest BCUT2D eigenvalue weighted by Crippen LogP contribution is -2.51. The number of likely N-dealkylation sites (N-methyl/N-ethyl adjacent to an activating group) is 1. The van der Waals surface area contributed by atoms with E-state index in [4.69, 9.17) is 16.3 Å². The minimum absolute atomic E-state index is 0.0257. The van der Waals surface area contributed by atoms with Crippen LogP contribution >= 0.6 is 11.6 Å². The molecule has 0 unspecified atom stereocenters. The molecule has 3 aromatic carbocycles. The minimum atomic E-state index is -4.22. The molecule has 0 fully saturated rings. The van der Waals surface area contributed by atoms with Crippen molar-refractivity contribution in [2.24, 2.45) is 0 Å². The van der Waals surface area contributed by atoms with Gasteiger partial charge < -0.3 is 15.0 Å². The lowest BCUT2D eigenvalue weighted by Gasteiger charge is -2.33. The summed E-state index contributed by atoms with van der Waals surface area (Å²) >= 11 is 6.02. The Labute approximate surface area is 227 Å². The number of nitrogens with one attached hydrogen (secondary N) is 1. The van der Waals surface area contributed by atoms with Crippen LogP contribution in [0.25, 0.3) is 0 Å². The van der Waals surface area contributed by atoms with E-state index in [2.05, 4.69) is 5.32 Å². The van der Waals surface area contributed by atoms with E-state index in [-0.39, 0.29) is 23.5 Å². The molecule has 0 bridgehead atoms. The van der Waals surface area contributed by atoms with Gasteiger partial charge in [-0.2, -0.15) is 0 Å². The van der Waals surface area contributed by atoms with Crippen LogP contribution in [0.4, 0.5) is 10.1 Å². The minimum Gasteiger partial charge on any atom is -0.497 e. The van der Waals surface area contributed by atoms with Crippen molar-refractivity contribution in [2.45, 2.75) is 30.8 Å². The fourth-order valence-corrected chi connectivity index (χ4v) is 5.42. The highest BCUT2D eigenvalue weighted by Gasteiger charge is 2.33. The second kappa shape index (κ2) is 12.7. The summed E-state index contributed by atoms with van der Waals surface area (Å²) in [5.41, 5.74) is 0.798. The molecule has 0 saturated heterocycles. The normalized spacial score (nSPS) is 11.9. The molecule has 11 heteroatoms. The molecule has 0 aliphatic carbocycles. The van der Waals surface area contributed by atoms with Crippen LogP contribution in [0.3, 0.4) is 0 Å². The summed E-state index contributed by atoms with van der Waals surface area (Å²) in [5, 5.41) is 2.95. The molecule has 2 amide bonds. The Balaban J connectivity index is 2.04. The molecular formula is C27H29ClFN3O5S. The van der Waals surface area contributed by atoms with E-state index in [0.29, 0.717) is 16.3 Å². The van der Waals surface area contributed by atoms with Crippen molar-refractivity contribution >= 4 is 39.1 Å². The van der Waals surface area contributed by atoms with Crippen molar-refractivity contribution in [1.82, 2.24) is 10.2 Å². The first-order valence-corrected chi connectivity index (χ1v) is 13.6. The predicted molar refractivity (Wildman–Crippen MR) is 144 cm³/mol. The Kier molecular flexibility index (Phi) is 9.71. The van der Waals surface area contributed by atoms with E-state index in [1.807, 2.05) is 0 Å². The van der Waals surface area contributed by atoms with E-state index in [9.17, 15) is 22.4 Å². The highest BCUT2D eigenvalue weighted by atomic mass is 35.5. The van der Waals surface area contributed by atoms with Crippen molar-refractivity contribution in [3.05, 3.63) is 89.2 Å². The molecule has 8 nitrogen and oxygen atoms in total. The van der Waals surface area contributed by atoms with E-state index < -0.39 is 40.2 Å². The summed E-state index contributed by atoms with van der Waals surface area (Å²) in [6.07, 6.45) is 0.277. The van der Waals surface area contributed by atoms with Crippen LogP contribution in [0.2, 0.25) is 5.02 Å². The maximum Gasteiger partial charge on any atom is 0.264 e. The predicted octanol–water partition coefficient (Wildman–Crippen LogP) is 4.24. The molecule has 0 spiro atoms. The number of rotatable bonds is 11. The lowest BCUT2D eigenvalue weighted by molar-refractivity contribution is -0.140. The molecule has 0 aliphatic heterocycles. The number of ether oxygens (including phenoxy) is 1. The van der Waals surface area contributed by atoms with Gasteiger partial charge >= 0.3 is 0 Å². The maximum atomic E-state index is 13.8. The quantitative estimate of drug-likeness (QED) is 0.378. The summed E-state index contributed by atoms with van der Waals surface area (Å²) in [6, 6.07) is 16.5. The number of carbonyl (C=O) groups excluding carboxylic acids is 2. The van der Waals surface area contributed by atoms with Gasteiger partial charge in [0.1, 0.15) is 24.2 Å². The topological polar surface area (TPSA) is 96.0 Å². The average Bonchev–Trinajstić information content (AvgIpc) is 2.92. The molecule has 0 saturated carbocycles. The SMILES string of the molecule is CC[C@@H](C(=O)NC)N(Cc1ccc(F)cc1)C(=O)CN(c1ccc(Cl)cc1)S(=O)(=O)c1ccc(OC)cc1. The van der Waals surface area contributed by atoms with E-state index in [1.54, 1.807) is 6.92 Å². The van der Waals surface area contributed by atoms with Crippen molar-refractivity contribution in [3.63, 3.8) is 0 Å². The highest BCUT2D eigenvalue weighted by molar-refractivity contribution is 7.92. The number of sulfonamides is 1. The number of benzene rings is 3. The van der Waals surface area contributed by atoms with Crippen molar-refractivity contribution in [3.8, 4) is 5.75 Å². The van der Waals surface area contributed by atoms with Gasteiger partial charge in [0.25, 0.3) is 10.0 Å². The van der Waals surface area contributed by atoms with Crippen LogP contribution in [0, 0.1) is 5.82 Å². The number of hydrogen-bond donors (Lipinski definition) is 1. The molecule has 38 heavy (non-hydrogen) atoms. The van der Waals surface area contributed by atoms with Crippen LogP contribution < -0.4 is 14.4 Å². The lowest BCUT2D eigenvalue weighted by atomic mass is 10.1. The zero-order chi connectivity index (χ0) is 27.9. The van der Waals surface area contributed by atoms with E-state index >= 15 is 0 Å². The molecule has 1 N–H and O–H groups in total. The molecule has 202 valence electrons. The van der Waals surface area contributed by atoms with Crippen LogP contribution in [0.5, 0.6) is 5.75 Å². The summed E-state index contributed by atoms with van der Waals surface area (Å²) in [6.45, 7) is 1.13. The zero-order valence-corrected chi connectivity index (χ0v) is 22.8. The average molecular weight is 562 g/mol. The number of anilines is 1. The number of methoxy groups -OCH3 is 1. The fraction of sp³-hybridized carbons (Fsp3) is 0.259. The largest absolute Gasteiger partial charge is 0.497 e. The van der Waals surface area contributed by atoms with Gasteiger partial charge in [-0.05, 0) is 72.6 Å². The summed E-state index contributed by atoms with van der Waals surface area (Å²) < 4.78 is 47.1. The van der Waals surface area contributed by atoms with Gasteiger partial charge in [0.15, 0.2) is 0 Å². The molecule has 3 rings (SSSR count). The number of amides is 2. The van der Waals surface area contributed by atoms with Crippen LogP contribution in [-0.4, -0.2) is 51.9 Å². The molecule has 0 aromatic heterocycles. The molecule has 0 aliphatic rings. The Bertz CT molecular complexity index is 1350. The molecule has 0 heterocycles. The summed E-state index contributed by atoms with van der Waals surface area (Å²) in [7, 11) is -1.30. The first-order valence-electron chi connectivity index (χ1n) is 11.8. The Hall–Kier alpha value is -3.63. The van der Waals surface area contributed by atoms with E-state index in [1.165, 1.54) is 91.9 Å². The van der Waals surface area contributed by atoms with Crippen molar-refractivity contribution in [1.29, 1.82) is 0 Å². The summed E-state index contributed by atoms with van der Waals surface area (Å²) in [5.74, 6) is -0.986.